The molecule has 3 rings (SSSR count). The highest BCUT2D eigenvalue weighted by molar-refractivity contribution is 5.93. The molecule has 120 valence electrons. The molecule has 1 N–H and O–H groups in total. The summed E-state index contributed by atoms with van der Waals surface area (Å²) in [5.41, 5.74) is 2.69. The normalized spacial score (nSPS) is 15.1. The number of anilines is 2. The van der Waals surface area contributed by atoms with Gasteiger partial charge in [-0.25, -0.2) is 9.97 Å². The Balaban J connectivity index is 1.66. The lowest BCUT2D eigenvalue weighted by molar-refractivity contribution is 0.0761. The van der Waals surface area contributed by atoms with E-state index in [0.717, 1.165) is 31.6 Å². The van der Waals surface area contributed by atoms with Crippen molar-refractivity contribution < 1.29 is 4.79 Å². The van der Waals surface area contributed by atoms with Gasteiger partial charge < -0.3 is 10.2 Å². The molecule has 1 aliphatic heterocycles. The number of aryl methyl sites for hydroxylation is 1. The van der Waals surface area contributed by atoms with E-state index in [4.69, 9.17) is 0 Å². The van der Waals surface area contributed by atoms with Crippen molar-refractivity contribution in [3.05, 3.63) is 47.8 Å². The Labute approximate surface area is 136 Å². The molecule has 5 heteroatoms. The van der Waals surface area contributed by atoms with Gasteiger partial charge in [0.05, 0.1) is 5.56 Å². The number of amides is 1. The largest absolute Gasteiger partial charge is 0.339 e. The average molecular weight is 310 g/mol. The predicted octanol–water partition coefficient (Wildman–Crippen LogP) is 3.54. The molecule has 1 saturated heterocycles. The number of nitrogens with one attached hydrogen (secondary N) is 1. The summed E-state index contributed by atoms with van der Waals surface area (Å²) in [5, 5.41) is 3.14. The molecule has 5 nitrogen and oxygen atoms in total. The Kier molecular flexibility index (Phi) is 4.86. The maximum Gasteiger partial charge on any atom is 0.256 e. The van der Waals surface area contributed by atoms with Crippen molar-refractivity contribution in [2.45, 2.75) is 32.6 Å². The first kappa shape index (κ1) is 15.5. The van der Waals surface area contributed by atoms with Crippen LogP contribution in [0.2, 0.25) is 0 Å². The van der Waals surface area contributed by atoms with Gasteiger partial charge in [-0.15, -0.1) is 0 Å². The van der Waals surface area contributed by atoms with Gasteiger partial charge in [-0.3, -0.25) is 4.79 Å². The molecule has 1 aromatic carbocycles. The lowest BCUT2D eigenvalue weighted by Crippen LogP contribution is -2.32. The summed E-state index contributed by atoms with van der Waals surface area (Å²) in [6.07, 6.45) is 7.80. The lowest BCUT2D eigenvalue weighted by Gasteiger charge is -2.19. The van der Waals surface area contributed by atoms with Crippen LogP contribution in [0, 0.1) is 6.92 Å². The zero-order valence-corrected chi connectivity index (χ0v) is 13.5. The highest BCUT2D eigenvalue weighted by atomic mass is 16.2. The van der Waals surface area contributed by atoms with E-state index < -0.39 is 0 Å². The summed E-state index contributed by atoms with van der Waals surface area (Å²) in [5.74, 6) is 0.537. The molecule has 0 saturated carbocycles. The number of rotatable bonds is 3. The number of benzene rings is 1. The van der Waals surface area contributed by atoms with Gasteiger partial charge in [-0.05, 0) is 31.9 Å². The minimum atomic E-state index is 0.0359. The first-order valence-corrected chi connectivity index (χ1v) is 8.17. The van der Waals surface area contributed by atoms with Crippen molar-refractivity contribution in [3.63, 3.8) is 0 Å². The third-order valence-electron chi connectivity index (χ3n) is 4.10. The molecule has 0 bridgehead atoms. The second-order valence-electron chi connectivity index (χ2n) is 5.99. The molecule has 0 aliphatic carbocycles. The lowest BCUT2D eigenvalue weighted by atomic mass is 10.2. The zero-order valence-electron chi connectivity index (χ0n) is 13.5. The van der Waals surface area contributed by atoms with Crippen molar-refractivity contribution in [1.82, 2.24) is 14.9 Å². The van der Waals surface area contributed by atoms with Gasteiger partial charge in [-0.1, -0.05) is 30.5 Å². The summed E-state index contributed by atoms with van der Waals surface area (Å²) in [4.78, 5) is 22.9. The second-order valence-corrected chi connectivity index (χ2v) is 5.99. The Morgan fingerprint density at radius 2 is 1.61 bits per heavy atom. The Hall–Kier alpha value is -2.43. The van der Waals surface area contributed by atoms with E-state index in [1.165, 1.54) is 18.4 Å². The number of aromatic nitrogens is 2. The first-order valence-electron chi connectivity index (χ1n) is 8.17. The number of nitrogens with zero attached hydrogens (tertiary/aromatic N) is 3. The van der Waals surface area contributed by atoms with Crippen LogP contribution in [0.1, 0.15) is 41.6 Å². The molecule has 2 heterocycles. The van der Waals surface area contributed by atoms with Crippen LogP contribution < -0.4 is 5.32 Å². The van der Waals surface area contributed by atoms with Crippen molar-refractivity contribution in [2.24, 2.45) is 0 Å². The van der Waals surface area contributed by atoms with Crippen LogP contribution in [-0.4, -0.2) is 33.9 Å². The number of carbonyl (C=O) groups excluding carboxylic acids is 1. The van der Waals surface area contributed by atoms with Gasteiger partial charge in [-0.2, -0.15) is 0 Å². The van der Waals surface area contributed by atoms with Gasteiger partial charge in [0, 0.05) is 31.2 Å². The summed E-state index contributed by atoms with van der Waals surface area (Å²) in [6.45, 7) is 3.72. The molecule has 2 aromatic rings. The minimum Gasteiger partial charge on any atom is -0.339 e. The van der Waals surface area contributed by atoms with E-state index in [9.17, 15) is 4.79 Å². The highest BCUT2D eigenvalue weighted by Gasteiger charge is 2.17. The van der Waals surface area contributed by atoms with E-state index in [2.05, 4.69) is 15.3 Å². The van der Waals surface area contributed by atoms with Gasteiger partial charge in [0.15, 0.2) is 0 Å². The summed E-state index contributed by atoms with van der Waals surface area (Å²) in [7, 11) is 0. The van der Waals surface area contributed by atoms with E-state index in [-0.39, 0.29) is 5.91 Å². The molecule has 0 unspecified atom stereocenters. The fourth-order valence-corrected chi connectivity index (χ4v) is 2.73. The molecule has 1 amide bonds. The number of likely N-dealkylation sites (tertiary alicyclic amines) is 1. The Morgan fingerprint density at radius 1 is 1.00 bits per heavy atom. The third kappa shape index (κ3) is 4.06. The van der Waals surface area contributed by atoms with Crippen molar-refractivity contribution >= 4 is 17.5 Å². The fourth-order valence-electron chi connectivity index (χ4n) is 2.73. The molecular weight excluding hydrogens is 288 g/mol. The number of hydrogen-bond donors (Lipinski definition) is 1. The fraction of sp³-hybridized carbons (Fsp3) is 0.389. The second kappa shape index (κ2) is 7.22. The summed E-state index contributed by atoms with van der Waals surface area (Å²) >= 11 is 0. The maximum atomic E-state index is 12.5. The zero-order chi connectivity index (χ0) is 16.1. The molecular formula is C18H22N4O. The van der Waals surface area contributed by atoms with Gasteiger partial charge in [0.2, 0.25) is 5.95 Å². The Bertz CT molecular complexity index is 644. The molecule has 1 aliphatic rings. The quantitative estimate of drug-likeness (QED) is 0.942. The van der Waals surface area contributed by atoms with Crippen LogP contribution in [0.25, 0.3) is 0 Å². The Morgan fingerprint density at radius 3 is 2.22 bits per heavy atom. The number of hydrogen-bond acceptors (Lipinski definition) is 4. The number of carbonyl (C=O) groups is 1. The van der Waals surface area contributed by atoms with Crippen LogP contribution in [-0.2, 0) is 0 Å². The molecule has 1 fully saturated rings. The highest BCUT2D eigenvalue weighted by Crippen LogP contribution is 2.15. The van der Waals surface area contributed by atoms with Gasteiger partial charge in [0.1, 0.15) is 0 Å². The molecule has 23 heavy (non-hydrogen) atoms. The van der Waals surface area contributed by atoms with Crippen LogP contribution in [0.15, 0.2) is 36.7 Å². The van der Waals surface area contributed by atoms with Crippen LogP contribution in [0.3, 0.4) is 0 Å². The SMILES string of the molecule is Cc1ccc(Nc2ncc(C(=O)N3CCCCCC3)cn2)cc1. The van der Waals surface area contributed by atoms with E-state index >= 15 is 0 Å². The van der Waals surface area contributed by atoms with E-state index in [1.807, 2.05) is 36.1 Å². The van der Waals surface area contributed by atoms with Crippen molar-refractivity contribution in [3.8, 4) is 0 Å². The summed E-state index contributed by atoms with van der Waals surface area (Å²) in [6, 6.07) is 8.02. The minimum absolute atomic E-state index is 0.0359. The summed E-state index contributed by atoms with van der Waals surface area (Å²) < 4.78 is 0. The molecule has 0 atom stereocenters. The smallest absolute Gasteiger partial charge is 0.256 e. The standard InChI is InChI=1S/C18H22N4O/c1-14-6-8-16(9-7-14)21-18-19-12-15(13-20-18)17(23)22-10-4-2-3-5-11-22/h6-9,12-13H,2-5,10-11H2,1H3,(H,19,20,21). The van der Waals surface area contributed by atoms with E-state index in [1.54, 1.807) is 12.4 Å². The van der Waals surface area contributed by atoms with E-state index in [0.29, 0.717) is 11.5 Å². The van der Waals surface area contributed by atoms with Crippen LogP contribution in [0.4, 0.5) is 11.6 Å². The topological polar surface area (TPSA) is 58.1 Å². The van der Waals surface area contributed by atoms with Crippen molar-refractivity contribution in [1.29, 1.82) is 0 Å². The first-order chi connectivity index (χ1) is 11.2. The third-order valence-corrected chi connectivity index (χ3v) is 4.10. The maximum absolute atomic E-state index is 12.5. The average Bonchev–Trinajstić information content (AvgIpc) is 2.86. The van der Waals surface area contributed by atoms with Crippen LogP contribution >= 0.6 is 0 Å². The monoisotopic (exact) mass is 310 g/mol. The van der Waals surface area contributed by atoms with Gasteiger partial charge in [0.25, 0.3) is 5.91 Å². The predicted molar refractivity (Wildman–Crippen MR) is 90.9 cm³/mol. The molecule has 0 spiro atoms. The molecule has 1 aromatic heterocycles. The van der Waals surface area contributed by atoms with Crippen LogP contribution in [0.5, 0.6) is 0 Å². The molecule has 0 radical (unpaired) electrons. The van der Waals surface area contributed by atoms with Gasteiger partial charge >= 0.3 is 0 Å². The van der Waals surface area contributed by atoms with Crippen molar-refractivity contribution in [2.75, 3.05) is 18.4 Å².